The van der Waals surface area contributed by atoms with Gasteiger partial charge < -0.3 is 4.74 Å². The van der Waals surface area contributed by atoms with Gasteiger partial charge in [0.15, 0.2) is 0 Å². The summed E-state index contributed by atoms with van der Waals surface area (Å²) in [4.78, 5) is 15.7. The van der Waals surface area contributed by atoms with E-state index in [1.54, 1.807) is 12.1 Å². The average Bonchev–Trinajstić information content (AvgIpc) is 2.66. The third-order valence-electron chi connectivity index (χ3n) is 3.55. The molecule has 0 radical (unpaired) electrons. The summed E-state index contributed by atoms with van der Waals surface area (Å²) in [6, 6.07) is 19.4. The number of rotatable bonds is 5. The van der Waals surface area contributed by atoms with E-state index in [2.05, 4.69) is 17.6 Å². The number of ether oxygens (including phenoxy) is 1. The van der Waals surface area contributed by atoms with E-state index in [1.807, 2.05) is 66.8 Å². The topological polar surface area (TPSA) is 39.2 Å². The Kier molecular flexibility index (Phi) is 5.17. The summed E-state index contributed by atoms with van der Waals surface area (Å²) in [5.41, 5.74) is 2.91. The lowest BCUT2D eigenvalue weighted by molar-refractivity contribution is -0.128. The smallest absolute Gasteiger partial charge is 0.335 e. The zero-order chi connectivity index (χ0) is 17.5. The molecule has 0 aliphatic heterocycles. The number of aromatic nitrogens is 1. The van der Waals surface area contributed by atoms with Crippen LogP contribution in [0.25, 0.3) is 23.1 Å². The molecule has 1 aromatic heterocycles. The van der Waals surface area contributed by atoms with Crippen molar-refractivity contribution in [3.8, 4) is 5.75 Å². The number of pyridine rings is 1. The predicted molar refractivity (Wildman–Crippen MR) is 102 cm³/mol. The van der Waals surface area contributed by atoms with Gasteiger partial charge in [0.2, 0.25) is 0 Å². The lowest BCUT2D eigenvalue weighted by Crippen LogP contribution is -2.02. The molecule has 0 fully saturated rings. The molecule has 0 unspecified atom stereocenters. The minimum absolute atomic E-state index is 0.464. The monoisotopic (exact) mass is 327 g/mol. The summed E-state index contributed by atoms with van der Waals surface area (Å²) < 4.78 is 5.03. The van der Waals surface area contributed by atoms with Gasteiger partial charge in [-0.3, -0.25) is 0 Å². The molecule has 0 spiro atoms. The third kappa shape index (κ3) is 4.52. The van der Waals surface area contributed by atoms with Crippen molar-refractivity contribution in [3.05, 3.63) is 96.7 Å². The molecule has 122 valence electrons. The van der Waals surface area contributed by atoms with Gasteiger partial charge in [-0.15, -0.1) is 0 Å². The van der Waals surface area contributed by atoms with Crippen LogP contribution < -0.4 is 4.74 Å². The van der Waals surface area contributed by atoms with E-state index in [1.165, 1.54) is 0 Å². The van der Waals surface area contributed by atoms with E-state index in [0.29, 0.717) is 5.75 Å². The number of carbonyl (C=O) groups excluding carboxylic acids is 1. The second kappa shape index (κ2) is 7.88. The molecule has 0 aliphatic rings. The Balaban J connectivity index is 1.64. The Morgan fingerprint density at radius 2 is 1.68 bits per heavy atom. The van der Waals surface area contributed by atoms with E-state index < -0.39 is 5.97 Å². The Morgan fingerprint density at radius 3 is 2.48 bits per heavy atom. The van der Waals surface area contributed by atoms with Crippen molar-refractivity contribution in [1.82, 2.24) is 4.98 Å². The molecule has 1 heterocycles. The van der Waals surface area contributed by atoms with E-state index in [9.17, 15) is 4.79 Å². The summed E-state index contributed by atoms with van der Waals surface area (Å²) in [5.74, 6) is 0.0343. The minimum Gasteiger partial charge on any atom is -0.423 e. The highest BCUT2D eigenvalue weighted by Crippen LogP contribution is 2.14. The number of fused-ring (bicyclic) bond motifs is 1. The molecule has 2 aromatic carbocycles. The summed E-state index contributed by atoms with van der Waals surface area (Å²) in [5, 5.41) is 1.13. The first-order valence-corrected chi connectivity index (χ1v) is 7.89. The number of carbonyl (C=O) groups is 1. The van der Waals surface area contributed by atoms with Crippen molar-refractivity contribution >= 4 is 29.0 Å². The fraction of sp³-hybridized carbons (Fsp3) is 0. The van der Waals surface area contributed by atoms with Crippen molar-refractivity contribution in [1.29, 1.82) is 0 Å². The number of allylic oxidation sites excluding steroid dienone is 2. The molecule has 0 atom stereocenters. The average molecular weight is 327 g/mol. The molecule has 3 heteroatoms. The summed E-state index contributed by atoms with van der Waals surface area (Å²) in [6.45, 7) is 3.37. The van der Waals surface area contributed by atoms with E-state index in [4.69, 9.17) is 4.74 Å². The number of para-hydroxylation sites is 1. The highest BCUT2D eigenvalue weighted by Gasteiger charge is 1.98. The third-order valence-corrected chi connectivity index (χ3v) is 3.55. The highest BCUT2D eigenvalue weighted by molar-refractivity contribution is 5.83. The summed E-state index contributed by atoms with van der Waals surface area (Å²) in [7, 11) is 0. The van der Waals surface area contributed by atoms with Crippen LogP contribution >= 0.6 is 0 Å². The quantitative estimate of drug-likeness (QED) is 0.285. The Bertz CT molecular complexity index is 953. The van der Waals surface area contributed by atoms with Gasteiger partial charge in [0.05, 0.1) is 11.2 Å². The highest BCUT2D eigenvalue weighted by atomic mass is 16.5. The Hall–Kier alpha value is -3.46. The SMILES string of the molecule is C=CC(=O)Oc1ccc(/C=C/C=C/c2ccc3ccccc3n2)cc1. The minimum atomic E-state index is -0.464. The molecular weight excluding hydrogens is 310 g/mol. The fourth-order valence-electron chi connectivity index (χ4n) is 2.30. The van der Waals surface area contributed by atoms with Gasteiger partial charge in [0.25, 0.3) is 0 Å². The lowest BCUT2D eigenvalue weighted by Gasteiger charge is -2.00. The lowest BCUT2D eigenvalue weighted by atomic mass is 10.2. The van der Waals surface area contributed by atoms with Crippen LogP contribution in [0.4, 0.5) is 0 Å². The fourth-order valence-corrected chi connectivity index (χ4v) is 2.30. The number of hydrogen-bond donors (Lipinski definition) is 0. The van der Waals surface area contributed by atoms with Crippen molar-refractivity contribution in [2.45, 2.75) is 0 Å². The van der Waals surface area contributed by atoms with Gasteiger partial charge in [-0.05, 0) is 35.9 Å². The van der Waals surface area contributed by atoms with E-state index in [0.717, 1.165) is 28.2 Å². The van der Waals surface area contributed by atoms with Crippen molar-refractivity contribution in [3.63, 3.8) is 0 Å². The molecule has 0 amide bonds. The van der Waals surface area contributed by atoms with Crippen molar-refractivity contribution in [2.75, 3.05) is 0 Å². The van der Waals surface area contributed by atoms with Gasteiger partial charge in [-0.2, -0.15) is 0 Å². The van der Waals surface area contributed by atoms with Crippen LogP contribution in [0.5, 0.6) is 5.75 Å². The van der Waals surface area contributed by atoms with Crippen molar-refractivity contribution in [2.24, 2.45) is 0 Å². The molecule has 25 heavy (non-hydrogen) atoms. The van der Waals surface area contributed by atoms with Gasteiger partial charge in [0.1, 0.15) is 5.75 Å². The maximum absolute atomic E-state index is 11.1. The largest absolute Gasteiger partial charge is 0.423 e. The van der Waals surface area contributed by atoms with Gasteiger partial charge >= 0.3 is 5.97 Å². The van der Waals surface area contributed by atoms with Crippen LogP contribution in [0.1, 0.15) is 11.3 Å². The second-order valence-corrected chi connectivity index (χ2v) is 5.34. The zero-order valence-corrected chi connectivity index (χ0v) is 13.6. The number of esters is 1. The summed E-state index contributed by atoms with van der Waals surface area (Å²) >= 11 is 0. The van der Waals surface area contributed by atoms with E-state index >= 15 is 0 Å². The maximum Gasteiger partial charge on any atom is 0.335 e. The molecule has 0 saturated carbocycles. The number of hydrogen-bond acceptors (Lipinski definition) is 3. The normalized spacial score (nSPS) is 11.2. The number of benzene rings is 2. The predicted octanol–water partition coefficient (Wildman–Crippen LogP) is 5.05. The first-order valence-electron chi connectivity index (χ1n) is 7.89. The zero-order valence-electron chi connectivity index (χ0n) is 13.6. The molecular formula is C22H17NO2. The molecule has 3 nitrogen and oxygen atoms in total. The maximum atomic E-state index is 11.1. The Labute approximate surface area is 146 Å². The van der Waals surface area contributed by atoms with Crippen LogP contribution in [-0.2, 0) is 4.79 Å². The molecule has 3 aromatic rings. The second-order valence-electron chi connectivity index (χ2n) is 5.34. The first-order chi connectivity index (χ1) is 12.2. The molecule has 3 rings (SSSR count). The first kappa shape index (κ1) is 16.4. The van der Waals surface area contributed by atoms with Crippen LogP contribution in [0.2, 0.25) is 0 Å². The molecule has 0 aliphatic carbocycles. The van der Waals surface area contributed by atoms with Gasteiger partial charge in [-0.25, -0.2) is 9.78 Å². The molecule has 0 saturated heterocycles. The Morgan fingerprint density at radius 1 is 0.920 bits per heavy atom. The van der Waals surface area contributed by atoms with Crippen LogP contribution in [0.15, 0.2) is 85.5 Å². The molecule has 0 bridgehead atoms. The molecule has 0 N–H and O–H groups in total. The van der Waals surface area contributed by atoms with Crippen LogP contribution in [-0.4, -0.2) is 11.0 Å². The van der Waals surface area contributed by atoms with E-state index in [-0.39, 0.29) is 0 Å². The number of nitrogens with zero attached hydrogens (tertiary/aromatic N) is 1. The van der Waals surface area contributed by atoms with Crippen LogP contribution in [0, 0.1) is 0 Å². The summed E-state index contributed by atoms with van der Waals surface area (Å²) in [6.07, 6.45) is 8.96. The standard InChI is InChI=1S/C22H17NO2/c1-2-22(24)25-20-15-11-17(12-16-20)7-3-5-9-19-14-13-18-8-4-6-10-21(18)23-19/h2-16H,1H2/b7-3+,9-5+. The van der Waals surface area contributed by atoms with Gasteiger partial charge in [-0.1, -0.05) is 61.2 Å². The van der Waals surface area contributed by atoms with Gasteiger partial charge in [0, 0.05) is 11.5 Å². The van der Waals surface area contributed by atoms with Crippen LogP contribution in [0.3, 0.4) is 0 Å². The van der Waals surface area contributed by atoms with Crippen molar-refractivity contribution < 1.29 is 9.53 Å².